The van der Waals surface area contributed by atoms with Gasteiger partial charge in [0.2, 0.25) is 0 Å². The van der Waals surface area contributed by atoms with E-state index in [2.05, 4.69) is 5.32 Å². The summed E-state index contributed by atoms with van der Waals surface area (Å²) in [5, 5.41) is 11.5. The molecule has 1 aromatic carbocycles. The van der Waals surface area contributed by atoms with Crippen LogP contribution >= 0.6 is 0 Å². The second-order valence-electron chi connectivity index (χ2n) is 5.32. The Balaban J connectivity index is 2.58. The summed E-state index contributed by atoms with van der Waals surface area (Å²) in [6.07, 6.45) is 3.35. The van der Waals surface area contributed by atoms with E-state index in [4.69, 9.17) is 9.84 Å². The average Bonchev–Trinajstić information content (AvgIpc) is 2.43. The number of carboxylic acids is 1. The zero-order valence-electron chi connectivity index (χ0n) is 12.6. The molecule has 0 aliphatic rings. The van der Waals surface area contributed by atoms with E-state index < -0.39 is 5.97 Å². The quantitative estimate of drug-likeness (QED) is 0.757. The molecule has 5 heteroatoms. The number of carbonyl (C=O) groups excluding carboxylic acids is 1. The third-order valence-electron chi connectivity index (χ3n) is 3.01. The Morgan fingerprint density at radius 3 is 2.71 bits per heavy atom. The van der Waals surface area contributed by atoms with Crippen LogP contribution in [0.1, 0.15) is 32.8 Å². The van der Waals surface area contributed by atoms with Crippen LogP contribution in [0.2, 0.25) is 0 Å². The van der Waals surface area contributed by atoms with Crippen LogP contribution in [0, 0.1) is 0 Å². The van der Waals surface area contributed by atoms with Gasteiger partial charge in [0.1, 0.15) is 5.75 Å². The molecule has 5 nitrogen and oxygen atoms in total. The highest BCUT2D eigenvalue weighted by Gasteiger charge is 2.17. The molecule has 0 heterocycles. The van der Waals surface area contributed by atoms with E-state index in [0.29, 0.717) is 11.3 Å². The Morgan fingerprint density at radius 2 is 2.10 bits per heavy atom. The molecule has 0 radical (unpaired) electrons. The molecule has 0 unspecified atom stereocenters. The third kappa shape index (κ3) is 6.61. The van der Waals surface area contributed by atoms with Gasteiger partial charge in [-0.1, -0.05) is 19.1 Å². The lowest BCUT2D eigenvalue weighted by Crippen LogP contribution is -2.44. The van der Waals surface area contributed by atoms with Gasteiger partial charge < -0.3 is 15.2 Å². The monoisotopic (exact) mass is 291 g/mol. The molecule has 21 heavy (non-hydrogen) atoms. The van der Waals surface area contributed by atoms with Gasteiger partial charge in [0.15, 0.2) is 6.61 Å². The molecule has 0 saturated heterocycles. The van der Waals surface area contributed by atoms with Crippen LogP contribution in [0.15, 0.2) is 30.3 Å². The third-order valence-corrected chi connectivity index (χ3v) is 3.01. The van der Waals surface area contributed by atoms with Crippen LogP contribution in [-0.4, -0.2) is 29.1 Å². The second-order valence-corrected chi connectivity index (χ2v) is 5.32. The fraction of sp³-hybridized carbons (Fsp3) is 0.375. The summed E-state index contributed by atoms with van der Waals surface area (Å²) in [5.41, 5.74) is 0.441. The Bertz CT molecular complexity index is 535. The first-order valence-electron chi connectivity index (χ1n) is 6.77. The number of nitrogens with one attached hydrogen (secondary N) is 1. The highest BCUT2D eigenvalue weighted by atomic mass is 16.5. The number of hydrogen-bond donors (Lipinski definition) is 2. The Hall–Kier alpha value is -2.30. The number of benzene rings is 1. The maximum atomic E-state index is 11.8. The topological polar surface area (TPSA) is 75.6 Å². The first-order chi connectivity index (χ1) is 9.82. The van der Waals surface area contributed by atoms with E-state index in [9.17, 15) is 9.59 Å². The van der Waals surface area contributed by atoms with Crippen molar-refractivity contribution in [2.24, 2.45) is 0 Å². The molecule has 1 aromatic rings. The minimum absolute atomic E-state index is 0.0739. The second kappa shape index (κ2) is 7.47. The van der Waals surface area contributed by atoms with Gasteiger partial charge >= 0.3 is 5.97 Å². The molecule has 0 fully saturated rings. The number of amides is 1. The van der Waals surface area contributed by atoms with Crippen molar-refractivity contribution in [3.8, 4) is 5.75 Å². The van der Waals surface area contributed by atoms with Gasteiger partial charge in [0.25, 0.3) is 5.91 Å². The standard InChI is InChI=1S/C16H21NO4/c1-4-16(2,3)17-14(18)11-21-13-7-5-6-12(10-13)8-9-15(19)20/h5-10H,4,11H2,1-3H3,(H,17,18)(H,19,20). The first-order valence-corrected chi connectivity index (χ1v) is 6.77. The van der Waals surface area contributed by atoms with Crippen LogP contribution in [0.25, 0.3) is 6.08 Å². The van der Waals surface area contributed by atoms with E-state index in [-0.39, 0.29) is 18.1 Å². The van der Waals surface area contributed by atoms with Gasteiger partial charge in [-0.3, -0.25) is 4.79 Å². The molecule has 0 saturated carbocycles. The van der Waals surface area contributed by atoms with E-state index >= 15 is 0 Å². The van der Waals surface area contributed by atoms with Crippen molar-refractivity contribution >= 4 is 18.0 Å². The van der Waals surface area contributed by atoms with E-state index in [1.54, 1.807) is 24.3 Å². The Morgan fingerprint density at radius 1 is 1.38 bits per heavy atom. The molecule has 0 aliphatic heterocycles. The van der Waals surface area contributed by atoms with Crippen molar-refractivity contribution in [1.29, 1.82) is 0 Å². The number of ether oxygens (including phenoxy) is 1. The minimum atomic E-state index is -1.01. The largest absolute Gasteiger partial charge is 0.484 e. The van der Waals surface area contributed by atoms with Crippen LogP contribution in [-0.2, 0) is 9.59 Å². The number of carbonyl (C=O) groups is 2. The van der Waals surface area contributed by atoms with Crippen LogP contribution < -0.4 is 10.1 Å². The molecular formula is C16H21NO4. The van der Waals surface area contributed by atoms with Gasteiger partial charge in [-0.15, -0.1) is 0 Å². The van der Waals surface area contributed by atoms with Crippen molar-refractivity contribution in [3.05, 3.63) is 35.9 Å². The lowest BCUT2D eigenvalue weighted by Gasteiger charge is -2.24. The predicted molar refractivity (Wildman–Crippen MR) is 81.1 cm³/mol. The van der Waals surface area contributed by atoms with Crippen molar-refractivity contribution in [2.45, 2.75) is 32.7 Å². The lowest BCUT2D eigenvalue weighted by molar-refractivity contribution is -0.131. The molecular weight excluding hydrogens is 270 g/mol. The van der Waals surface area contributed by atoms with Gasteiger partial charge in [0.05, 0.1) is 0 Å². The minimum Gasteiger partial charge on any atom is -0.484 e. The van der Waals surface area contributed by atoms with Crippen LogP contribution in [0.5, 0.6) is 5.75 Å². The van der Waals surface area contributed by atoms with Gasteiger partial charge in [-0.05, 0) is 44.0 Å². The Labute approximate surface area is 124 Å². The van der Waals surface area contributed by atoms with Crippen molar-refractivity contribution in [2.75, 3.05) is 6.61 Å². The maximum absolute atomic E-state index is 11.8. The number of rotatable bonds is 7. The number of carboxylic acid groups (broad SMARTS) is 1. The Kier molecular flexibility index (Phi) is 5.96. The highest BCUT2D eigenvalue weighted by Crippen LogP contribution is 2.14. The normalized spacial score (nSPS) is 11.4. The molecule has 1 amide bonds. The fourth-order valence-corrected chi connectivity index (χ4v) is 1.53. The summed E-state index contributed by atoms with van der Waals surface area (Å²) in [4.78, 5) is 22.2. The van der Waals surface area contributed by atoms with E-state index in [0.717, 1.165) is 12.5 Å². The summed E-state index contributed by atoms with van der Waals surface area (Å²) in [6, 6.07) is 6.89. The molecule has 0 spiro atoms. The van der Waals surface area contributed by atoms with Crippen LogP contribution in [0.4, 0.5) is 0 Å². The summed E-state index contributed by atoms with van der Waals surface area (Å²) >= 11 is 0. The molecule has 0 atom stereocenters. The highest BCUT2D eigenvalue weighted by molar-refractivity contribution is 5.85. The first kappa shape index (κ1) is 16.8. The zero-order chi connectivity index (χ0) is 15.9. The predicted octanol–water partition coefficient (Wildman–Crippen LogP) is 2.47. The smallest absolute Gasteiger partial charge is 0.328 e. The van der Waals surface area contributed by atoms with Gasteiger partial charge in [-0.2, -0.15) is 0 Å². The fourth-order valence-electron chi connectivity index (χ4n) is 1.53. The van der Waals surface area contributed by atoms with Gasteiger partial charge in [0, 0.05) is 11.6 Å². The molecule has 114 valence electrons. The number of aliphatic carboxylic acids is 1. The summed E-state index contributed by atoms with van der Waals surface area (Å²) in [7, 11) is 0. The molecule has 1 rings (SSSR count). The average molecular weight is 291 g/mol. The summed E-state index contributed by atoms with van der Waals surface area (Å²) < 4.78 is 5.41. The van der Waals surface area contributed by atoms with Crippen molar-refractivity contribution in [3.63, 3.8) is 0 Å². The number of hydrogen-bond acceptors (Lipinski definition) is 3. The van der Waals surface area contributed by atoms with Gasteiger partial charge in [-0.25, -0.2) is 4.79 Å². The SMILES string of the molecule is CCC(C)(C)NC(=O)COc1cccc(C=CC(=O)O)c1. The molecule has 0 aliphatic carbocycles. The van der Waals surface area contributed by atoms with Crippen molar-refractivity contribution < 1.29 is 19.4 Å². The summed E-state index contributed by atoms with van der Waals surface area (Å²) in [5.74, 6) is -0.678. The zero-order valence-corrected chi connectivity index (χ0v) is 12.6. The van der Waals surface area contributed by atoms with Crippen molar-refractivity contribution in [1.82, 2.24) is 5.32 Å². The maximum Gasteiger partial charge on any atom is 0.328 e. The molecule has 0 aromatic heterocycles. The van der Waals surface area contributed by atoms with E-state index in [1.807, 2.05) is 20.8 Å². The molecule has 0 bridgehead atoms. The van der Waals surface area contributed by atoms with Crippen LogP contribution in [0.3, 0.4) is 0 Å². The molecule has 2 N–H and O–H groups in total. The van der Waals surface area contributed by atoms with E-state index in [1.165, 1.54) is 6.08 Å². The summed E-state index contributed by atoms with van der Waals surface area (Å²) in [6.45, 7) is 5.82. The lowest BCUT2D eigenvalue weighted by atomic mass is 10.0.